The van der Waals surface area contributed by atoms with E-state index in [1.54, 1.807) is 27.8 Å². The fourth-order valence-electron chi connectivity index (χ4n) is 6.97. The molecule has 3 amide bonds. The molecule has 0 atom stereocenters. The molecule has 2 heterocycles. The number of nitrogens with zero attached hydrogens (tertiary/aromatic N) is 4. The van der Waals surface area contributed by atoms with Crippen molar-refractivity contribution in [1.82, 2.24) is 24.3 Å². The molecule has 0 saturated carbocycles. The predicted molar refractivity (Wildman–Crippen MR) is 212 cm³/mol. The summed E-state index contributed by atoms with van der Waals surface area (Å²) in [4.78, 5) is 62.1. The third-order valence-electron chi connectivity index (χ3n) is 10.0. The van der Waals surface area contributed by atoms with Crippen molar-refractivity contribution in [3.8, 4) is 5.69 Å². The summed E-state index contributed by atoms with van der Waals surface area (Å²) >= 11 is 0. The van der Waals surface area contributed by atoms with E-state index in [0.29, 0.717) is 50.4 Å². The third kappa shape index (κ3) is 9.13. The van der Waals surface area contributed by atoms with Crippen LogP contribution in [0.3, 0.4) is 0 Å². The van der Waals surface area contributed by atoms with E-state index in [1.165, 1.54) is 29.8 Å². The molecular formula is C43H47N5O7S. The third-order valence-corrected chi connectivity index (χ3v) is 11.4. The zero-order valence-electron chi connectivity index (χ0n) is 32.2. The number of hydrogen-bond acceptors (Lipinski definition) is 8. The molecule has 5 aromatic rings. The van der Waals surface area contributed by atoms with E-state index >= 15 is 0 Å². The van der Waals surface area contributed by atoms with Gasteiger partial charge in [0.05, 0.1) is 16.1 Å². The largest absolute Gasteiger partial charge is 0.373 e. The van der Waals surface area contributed by atoms with Gasteiger partial charge < -0.3 is 9.80 Å². The lowest BCUT2D eigenvalue weighted by Gasteiger charge is -2.29. The molecule has 292 valence electrons. The fraction of sp³-hybridized carbons (Fsp3) is 0.326. The number of carbonyl (C=O) groups is 3. The van der Waals surface area contributed by atoms with E-state index in [9.17, 15) is 22.8 Å². The Morgan fingerprint density at radius 2 is 1.48 bits per heavy atom. The maximum absolute atomic E-state index is 14.5. The predicted octanol–water partition coefficient (Wildman–Crippen LogP) is 6.67. The second kappa shape index (κ2) is 18.6. The average molecular weight is 778 g/mol. The summed E-state index contributed by atoms with van der Waals surface area (Å²) in [6.45, 7) is 10.2. The second-order valence-electron chi connectivity index (χ2n) is 13.7. The Morgan fingerprint density at radius 1 is 0.839 bits per heavy atom. The molecule has 13 heteroatoms. The van der Waals surface area contributed by atoms with Crippen LogP contribution < -0.4 is 4.72 Å². The Bertz CT molecular complexity index is 2370. The molecule has 4 aromatic carbocycles. The minimum atomic E-state index is -4.25. The summed E-state index contributed by atoms with van der Waals surface area (Å²) < 4.78 is 30.7. The number of benzene rings is 4. The van der Waals surface area contributed by atoms with Gasteiger partial charge in [-0.1, -0.05) is 88.2 Å². The van der Waals surface area contributed by atoms with Crippen molar-refractivity contribution < 1.29 is 32.4 Å². The zero-order valence-corrected chi connectivity index (χ0v) is 33.0. The summed E-state index contributed by atoms with van der Waals surface area (Å²) in [5.41, 5.74) is 4.67. The van der Waals surface area contributed by atoms with Crippen molar-refractivity contribution in [1.29, 1.82) is 0 Å². The molecule has 0 bridgehead atoms. The number of fused-ring (bicyclic) bond motifs is 2. The van der Waals surface area contributed by atoms with E-state index in [0.717, 1.165) is 53.3 Å². The smallest absolute Gasteiger partial charge is 0.337 e. The minimum Gasteiger partial charge on any atom is -0.337 e. The highest BCUT2D eigenvalue weighted by atomic mass is 32.2. The van der Waals surface area contributed by atoms with Crippen molar-refractivity contribution in [2.75, 3.05) is 19.6 Å². The fourth-order valence-corrected chi connectivity index (χ4v) is 7.98. The standard InChI is InChI=1S/C42H47N5O5S.CO2/c1-5-8-23-45(24-9-6-2)42(50)39-36(7-3)29(4)47(43-39)38-21-19-33(27-37(38)41(49)46-25-22-31-15-11-13-17-34(31)28-46)40(48)44-53(51,52)35-20-18-30-14-10-12-16-32(30)26-35;2-1-3/h10-21,26-27H,5-9,22-25,28H2,1-4H3,(H,44,48);. The molecule has 1 aromatic heterocycles. The first-order valence-corrected chi connectivity index (χ1v) is 20.4. The first kappa shape index (κ1) is 41.3. The molecule has 1 aliphatic heterocycles. The number of sulfonamides is 1. The number of carbonyl (C=O) groups excluding carboxylic acids is 5. The van der Waals surface area contributed by atoms with Gasteiger partial charge in [-0.05, 0) is 84.8 Å². The number of nitrogens with one attached hydrogen (secondary N) is 1. The van der Waals surface area contributed by atoms with Crippen LogP contribution in [0.2, 0.25) is 0 Å². The van der Waals surface area contributed by atoms with E-state index in [4.69, 9.17) is 14.7 Å². The average Bonchev–Trinajstić information content (AvgIpc) is 3.55. The summed E-state index contributed by atoms with van der Waals surface area (Å²) in [6.07, 6.45) is 5.16. The number of unbranched alkanes of at least 4 members (excludes halogenated alkanes) is 2. The quantitative estimate of drug-likeness (QED) is 0.139. The highest BCUT2D eigenvalue weighted by Gasteiger charge is 2.30. The molecule has 1 aliphatic rings. The van der Waals surface area contributed by atoms with Crippen molar-refractivity contribution in [3.63, 3.8) is 0 Å². The van der Waals surface area contributed by atoms with E-state index in [1.807, 2.05) is 55.1 Å². The SMILES string of the molecule is CCCCN(CCCC)C(=O)c1nn(-c2ccc(C(=O)NS(=O)(=O)c3ccc4ccccc4c3)cc2C(=O)N2CCc3ccccc3C2)c(C)c1CC.O=C=O. The van der Waals surface area contributed by atoms with Gasteiger partial charge in [-0.2, -0.15) is 14.7 Å². The van der Waals surface area contributed by atoms with Crippen LogP contribution in [0.1, 0.15) is 100 Å². The first-order valence-electron chi connectivity index (χ1n) is 18.9. The molecule has 6 rings (SSSR count). The monoisotopic (exact) mass is 777 g/mol. The van der Waals surface area contributed by atoms with Crippen LogP contribution >= 0.6 is 0 Å². The van der Waals surface area contributed by atoms with E-state index in [-0.39, 0.29) is 34.0 Å². The van der Waals surface area contributed by atoms with Crippen molar-refractivity contribution >= 4 is 44.7 Å². The lowest BCUT2D eigenvalue weighted by atomic mass is 9.98. The summed E-state index contributed by atoms with van der Waals surface area (Å²) in [6, 6.07) is 24.6. The minimum absolute atomic E-state index is 0.000930. The number of aromatic nitrogens is 2. The highest BCUT2D eigenvalue weighted by Crippen LogP contribution is 2.28. The van der Waals surface area contributed by atoms with E-state index < -0.39 is 15.9 Å². The molecule has 1 N–H and O–H groups in total. The van der Waals surface area contributed by atoms with Crippen LogP contribution in [0, 0.1) is 6.92 Å². The number of rotatable bonds is 13. The lowest BCUT2D eigenvalue weighted by molar-refractivity contribution is -0.191. The van der Waals surface area contributed by atoms with Crippen LogP contribution in [0.4, 0.5) is 0 Å². The summed E-state index contributed by atoms with van der Waals surface area (Å²) in [5.74, 6) is -1.33. The zero-order chi connectivity index (χ0) is 40.4. The van der Waals surface area contributed by atoms with Crippen molar-refractivity contribution in [2.45, 2.75) is 77.7 Å². The van der Waals surface area contributed by atoms with Crippen LogP contribution in [0.15, 0.2) is 89.8 Å². The van der Waals surface area contributed by atoms with Crippen LogP contribution in [0.5, 0.6) is 0 Å². The molecule has 0 radical (unpaired) electrons. The molecule has 0 fully saturated rings. The van der Waals surface area contributed by atoms with Gasteiger partial charge in [0.1, 0.15) is 0 Å². The first-order chi connectivity index (χ1) is 27.0. The van der Waals surface area contributed by atoms with Crippen LogP contribution in [0.25, 0.3) is 16.5 Å². The Balaban J connectivity index is 0.00000194. The van der Waals surface area contributed by atoms with Gasteiger partial charge in [0.2, 0.25) is 0 Å². The molecule has 0 aliphatic carbocycles. The maximum Gasteiger partial charge on any atom is 0.373 e. The Labute approximate surface area is 327 Å². The topological polar surface area (TPSA) is 156 Å². The van der Waals surface area contributed by atoms with Gasteiger partial charge in [-0.3, -0.25) is 14.4 Å². The van der Waals surface area contributed by atoms with Crippen LogP contribution in [-0.4, -0.2) is 71.5 Å². The normalized spacial score (nSPS) is 12.2. The summed E-state index contributed by atoms with van der Waals surface area (Å²) in [5, 5.41) is 6.46. The molecule has 0 unspecified atom stereocenters. The Morgan fingerprint density at radius 3 is 2.14 bits per heavy atom. The Kier molecular flexibility index (Phi) is 13.7. The van der Waals surface area contributed by atoms with E-state index in [2.05, 4.69) is 24.6 Å². The molecule has 56 heavy (non-hydrogen) atoms. The highest BCUT2D eigenvalue weighted by molar-refractivity contribution is 7.90. The van der Waals surface area contributed by atoms with Crippen LogP contribution in [-0.2, 0) is 39.0 Å². The molecule has 0 spiro atoms. The van der Waals surface area contributed by atoms with Gasteiger partial charge >= 0.3 is 6.15 Å². The number of hydrogen-bond donors (Lipinski definition) is 1. The van der Waals surface area contributed by atoms with Gasteiger partial charge in [-0.15, -0.1) is 0 Å². The number of amides is 3. The second-order valence-corrected chi connectivity index (χ2v) is 15.4. The van der Waals surface area contributed by atoms with Crippen molar-refractivity contribution in [3.05, 3.63) is 124 Å². The Hall–Kier alpha value is -5.91. The van der Waals surface area contributed by atoms with Crippen molar-refractivity contribution in [2.24, 2.45) is 0 Å². The van der Waals surface area contributed by atoms with Gasteiger partial charge in [-0.25, -0.2) is 17.8 Å². The summed E-state index contributed by atoms with van der Waals surface area (Å²) in [7, 11) is -4.25. The van der Waals surface area contributed by atoms with Gasteiger partial charge in [0.25, 0.3) is 27.7 Å². The lowest BCUT2D eigenvalue weighted by Crippen LogP contribution is -2.37. The maximum atomic E-state index is 14.5. The van der Waals surface area contributed by atoms with Gasteiger partial charge in [0.15, 0.2) is 5.69 Å². The molecular weight excluding hydrogens is 731 g/mol. The molecule has 0 saturated heterocycles. The molecule has 12 nitrogen and oxygen atoms in total. The van der Waals surface area contributed by atoms with Gasteiger partial charge in [0, 0.05) is 43.0 Å².